The lowest BCUT2D eigenvalue weighted by atomic mass is 9.84. The van der Waals surface area contributed by atoms with Gasteiger partial charge in [0.1, 0.15) is 17.4 Å². The zero-order valence-corrected chi connectivity index (χ0v) is 16.3. The molecule has 0 fully saturated rings. The molecule has 1 N–H and O–H groups in total. The Bertz CT molecular complexity index is 894. The largest absolute Gasteiger partial charge is 0.496 e. The molecule has 158 valence electrons. The van der Waals surface area contributed by atoms with Crippen molar-refractivity contribution < 1.29 is 31.8 Å². The summed E-state index contributed by atoms with van der Waals surface area (Å²) in [6.07, 6.45) is -3.79. The topological polar surface area (TPSA) is 45.1 Å². The average Bonchev–Trinajstić information content (AvgIpc) is 2.64. The molecule has 4 nitrogen and oxygen atoms in total. The van der Waals surface area contributed by atoms with Gasteiger partial charge in [0.25, 0.3) is 0 Å². The van der Waals surface area contributed by atoms with Crippen LogP contribution in [0.5, 0.6) is 5.75 Å². The van der Waals surface area contributed by atoms with E-state index in [1.165, 1.54) is 19.3 Å². The molecule has 0 spiro atoms. The van der Waals surface area contributed by atoms with E-state index in [1.54, 1.807) is 11.9 Å². The third kappa shape index (κ3) is 4.50. The third-order valence-corrected chi connectivity index (χ3v) is 4.49. The second kappa shape index (κ2) is 8.36. The SMILES string of the molecule is CCN(C)C=Nc1cc(OC)c(C(O)(c2cc(F)cc(F)c2)C(F)(F)F)cc1C. The molecule has 1 unspecified atom stereocenters. The molecule has 29 heavy (non-hydrogen) atoms. The predicted octanol–water partition coefficient (Wildman–Crippen LogP) is 4.69. The summed E-state index contributed by atoms with van der Waals surface area (Å²) >= 11 is 0. The minimum Gasteiger partial charge on any atom is -0.496 e. The molecule has 0 bridgehead atoms. The lowest BCUT2D eigenvalue weighted by molar-refractivity contribution is -0.248. The van der Waals surface area contributed by atoms with Gasteiger partial charge in [0.05, 0.1) is 19.1 Å². The molecule has 1 atom stereocenters. The number of aliphatic imine (C=N–C) groups is 1. The van der Waals surface area contributed by atoms with Gasteiger partial charge in [-0.05, 0) is 37.6 Å². The van der Waals surface area contributed by atoms with E-state index in [9.17, 15) is 27.1 Å². The van der Waals surface area contributed by atoms with Crippen LogP contribution in [0.15, 0.2) is 35.3 Å². The molecular formula is C20H21F5N2O2. The Hall–Kier alpha value is -2.68. The fourth-order valence-corrected chi connectivity index (χ4v) is 2.75. The highest BCUT2D eigenvalue weighted by atomic mass is 19.4. The van der Waals surface area contributed by atoms with Crippen LogP contribution in [-0.4, -0.2) is 43.2 Å². The number of hydrogen-bond acceptors (Lipinski definition) is 3. The van der Waals surface area contributed by atoms with Crippen molar-refractivity contribution in [3.63, 3.8) is 0 Å². The number of benzene rings is 2. The fourth-order valence-electron chi connectivity index (χ4n) is 2.75. The van der Waals surface area contributed by atoms with Gasteiger partial charge in [-0.25, -0.2) is 13.8 Å². The smallest absolute Gasteiger partial charge is 0.425 e. The van der Waals surface area contributed by atoms with Gasteiger partial charge in [0, 0.05) is 36.9 Å². The Morgan fingerprint density at radius 3 is 2.17 bits per heavy atom. The van der Waals surface area contributed by atoms with E-state index in [-0.39, 0.29) is 5.75 Å². The Kier molecular flexibility index (Phi) is 6.52. The maximum atomic E-state index is 14.0. The summed E-state index contributed by atoms with van der Waals surface area (Å²) in [6, 6.07) is 3.58. The molecule has 0 radical (unpaired) electrons. The molecule has 0 amide bonds. The number of rotatable bonds is 6. The molecule has 2 rings (SSSR count). The minimum absolute atomic E-state index is 0.307. The number of alkyl halides is 3. The summed E-state index contributed by atoms with van der Waals surface area (Å²) in [5.41, 5.74) is -4.77. The van der Waals surface area contributed by atoms with Gasteiger partial charge < -0.3 is 14.7 Å². The summed E-state index contributed by atoms with van der Waals surface area (Å²) in [4.78, 5) is 5.96. The van der Waals surface area contributed by atoms with E-state index in [4.69, 9.17) is 4.74 Å². The second-order valence-electron chi connectivity index (χ2n) is 6.52. The molecule has 0 heterocycles. The van der Waals surface area contributed by atoms with E-state index in [0.29, 0.717) is 36.0 Å². The van der Waals surface area contributed by atoms with Crippen molar-refractivity contribution in [3.05, 3.63) is 58.7 Å². The third-order valence-electron chi connectivity index (χ3n) is 4.49. The average molecular weight is 416 g/mol. The normalized spacial score (nSPS) is 14.1. The first-order valence-corrected chi connectivity index (χ1v) is 8.63. The van der Waals surface area contributed by atoms with E-state index in [2.05, 4.69) is 4.99 Å². The number of hydrogen-bond donors (Lipinski definition) is 1. The maximum Gasteiger partial charge on any atom is 0.425 e. The lowest BCUT2D eigenvalue weighted by Gasteiger charge is -2.33. The van der Waals surface area contributed by atoms with E-state index in [0.717, 1.165) is 13.2 Å². The van der Waals surface area contributed by atoms with Crippen LogP contribution in [0.1, 0.15) is 23.6 Å². The highest BCUT2D eigenvalue weighted by Crippen LogP contribution is 2.48. The highest BCUT2D eigenvalue weighted by Gasteiger charge is 2.58. The maximum absolute atomic E-state index is 14.0. The van der Waals surface area contributed by atoms with Gasteiger partial charge in [-0.3, -0.25) is 0 Å². The molecule has 0 aliphatic rings. The first kappa shape index (κ1) is 22.6. The van der Waals surface area contributed by atoms with Crippen molar-refractivity contribution in [2.24, 2.45) is 4.99 Å². The zero-order chi connectivity index (χ0) is 22.0. The summed E-state index contributed by atoms with van der Waals surface area (Å²) in [5.74, 6) is -2.82. The Labute approximate surface area is 165 Å². The van der Waals surface area contributed by atoms with Crippen LogP contribution in [0.25, 0.3) is 0 Å². The standard InChI is InChI=1S/C20H21F5N2O2/c1-5-27(3)11-26-17-10-18(29-4)16(6-12(17)2)19(28,20(23,24)25)13-7-14(21)9-15(22)8-13/h6-11,28H,5H2,1-4H3. The number of ether oxygens (including phenoxy) is 1. The number of halogens is 5. The van der Waals surface area contributed by atoms with Crippen LogP contribution < -0.4 is 4.74 Å². The number of methoxy groups -OCH3 is 1. The van der Waals surface area contributed by atoms with Crippen LogP contribution in [0.2, 0.25) is 0 Å². The molecule has 0 saturated carbocycles. The van der Waals surface area contributed by atoms with Crippen molar-refractivity contribution in [2.45, 2.75) is 25.6 Å². The van der Waals surface area contributed by atoms with Crippen LogP contribution in [-0.2, 0) is 5.60 Å². The quantitative estimate of drug-likeness (QED) is 0.422. The molecule has 0 aliphatic carbocycles. The van der Waals surface area contributed by atoms with Crippen LogP contribution in [0.4, 0.5) is 27.6 Å². The summed E-state index contributed by atoms with van der Waals surface area (Å²) in [7, 11) is 2.90. The van der Waals surface area contributed by atoms with Gasteiger partial charge in [0.15, 0.2) is 0 Å². The van der Waals surface area contributed by atoms with Crippen molar-refractivity contribution in [3.8, 4) is 5.75 Å². The van der Waals surface area contributed by atoms with E-state index < -0.39 is 34.5 Å². The minimum atomic E-state index is -5.29. The summed E-state index contributed by atoms with van der Waals surface area (Å²) in [6.45, 7) is 4.06. The Morgan fingerprint density at radius 2 is 1.69 bits per heavy atom. The molecule has 0 aromatic heterocycles. The number of nitrogens with zero attached hydrogens (tertiary/aromatic N) is 2. The highest BCUT2D eigenvalue weighted by molar-refractivity contribution is 5.66. The molecule has 2 aromatic carbocycles. The van der Waals surface area contributed by atoms with Crippen molar-refractivity contribution in [1.29, 1.82) is 0 Å². The molecule has 0 aliphatic heterocycles. The summed E-state index contributed by atoms with van der Waals surface area (Å²) in [5, 5.41) is 10.7. The van der Waals surface area contributed by atoms with Gasteiger partial charge in [-0.15, -0.1) is 0 Å². The van der Waals surface area contributed by atoms with Gasteiger partial charge in [-0.2, -0.15) is 13.2 Å². The van der Waals surface area contributed by atoms with Crippen molar-refractivity contribution >= 4 is 12.0 Å². The van der Waals surface area contributed by atoms with Gasteiger partial charge in [-0.1, -0.05) is 0 Å². The van der Waals surface area contributed by atoms with E-state index in [1.807, 2.05) is 6.92 Å². The van der Waals surface area contributed by atoms with Crippen molar-refractivity contribution in [2.75, 3.05) is 20.7 Å². The fraction of sp³-hybridized carbons (Fsp3) is 0.350. The van der Waals surface area contributed by atoms with Gasteiger partial charge >= 0.3 is 6.18 Å². The van der Waals surface area contributed by atoms with Gasteiger partial charge in [0.2, 0.25) is 5.60 Å². The van der Waals surface area contributed by atoms with Crippen LogP contribution in [0, 0.1) is 18.6 Å². The lowest BCUT2D eigenvalue weighted by Crippen LogP contribution is -2.43. The molecular weight excluding hydrogens is 395 g/mol. The first-order chi connectivity index (χ1) is 13.4. The molecule has 0 saturated heterocycles. The predicted molar refractivity (Wildman–Crippen MR) is 99.6 cm³/mol. The van der Waals surface area contributed by atoms with Crippen LogP contribution >= 0.6 is 0 Å². The Balaban J connectivity index is 2.75. The number of aryl methyl sites for hydroxylation is 1. The molecule has 2 aromatic rings. The zero-order valence-electron chi connectivity index (χ0n) is 16.3. The van der Waals surface area contributed by atoms with Crippen LogP contribution in [0.3, 0.4) is 0 Å². The summed E-state index contributed by atoms with van der Waals surface area (Å²) < 4.78 is 74.3. The second-order valence-corrected chi connectivity index (χ2v) is 6.52. The monoisotopic (exact) mass is 416 g/mol. The number of aliphatic hydroxyl groups is 1. The Morgan fingerprint density at radius 1 is 1.10 bits per heavy atom. The molecule has 9 heteroatoms. The van der Waals surface area contributed by atoms with E-state index >= 15 is 0 Å². The first-order valence-electron chi connectivity index (χ1n) is 8.63. The van der Waals surface area contributed by atoms with Crippen molar-refractivity contribution in [1.82, 2.24) is 4.90 Å².